The van der Waals surface area contributed by atoms with Gasteiger partial charge in [0, 0.05) is 29.7 Å². The third-order valence-electron chi connectivity index (χ3n) is 5.99. The molecule has 0 aliphatic heterocycles. The molecule has 0 aliphatic rings. The fraction of sp³-hybridized carbons (Fsp3) is 0.345. The van der Waals surface area contributed by atoms with Crippen LogP contribution >= 0.6 is 0 Å². The normalized spacial score (nSPS) is 13.8. The number of aliphatic hydroxyl groups is 1. The molecule has 8 heteroatoms. The highest BCUT2D eigenvalue weighted by atomic mass is 19.1. The topological polar surface area (TPSA) is 92.4 Å². The van der Waals surface area contributed by atoms with Crippen molar-refractivity contribution >= 4 is 18.0 Å². The molecule has 0 amide bonds. The molecular formula is C29H32F2N2O4. The lowest BCUT2D eigenvalue weighted by Crippen LogP contribution is -2.36. The zero-order chi connectivity index (χ0) is 27.5. The van der Waals surface area contributed by atoms with E-state index in [1.165, 1.54) is 30.3 Å². The molecule has 196 valence electrons. The maximum atomic E-state index is 13.7. The number of carbonyl (C=O) groups is 2. The Kier molecular flexibility index (Phi) is 8.43. The molecule has 2 atom stereocenters. The van der Waals surface area contributed by atoms with Crippen LogP contribution in [0, 0.1) is 23.0 Å². The number of carboxylic acid groups (broad SMARTS) is 1. The average molecular weight is 511 g/mol. The number of carboxylic acids is 1. The Hall–Kier alpha value is -3.65. The Bertz CT molecular complexity index is 1290. The molecule has 0 aliphatic carbocycles. The lowest BCUT2D eigenvalue weighted by atomic mass is 9.77. The average Bonchev–Trinajstić information content (AvgIpc) is 3.17. The Morgan fingerprint density at radius 3 is 1.95 bits per heavy atom. The van der Waals surface area contributed by atoms with E-state index in [1.807, 2.05) is 13.8 Å². The second-order valence-corrected chi connectivity index (χ2v) is 10.4. The van der Waals surface area contributed by atoms with E-state index in [0.717, 1.165) is 0 Å². The van der Waals surface area contributed by atoms with Crippen LogP contribution in [0.3, 0.4) is 0 Å². The molecule has 1 unspecified atom stereocenters. The van der Waals surface area contributed by atoms with Crippen molar-refractivity contribution in [2.45, 2.75) is 53.1 Å². The highest BCUT2D eigenvalue weighted by Gasteiger charge is 2.37. The van der Waals surface area contributed by atoms with E-state index >= 15 is 0 Å². The molecule has 0 spiro atoms. The van der Waals surface area contributed by atoms with Crippen LogP contribution in [0.4, 0.5) is 8.78 Å². The number of halogens is 2. The first-order chi connectivity index (χ1) is 17.3. The van der Waals surface area contributed by atoms with Crippen LogP contribution in [0.5, 0.6) is 0 Å². The van der Waals surface area contributed by atoms with Gasteiger partial charge in [-0.15, -0.1) is 0 Å². The summed E-state index contributed by atoms with van der Waals surface area (Å²) in [5.41, 5.74) is 1.64. The monoisotopic (exact) mass is 510 g/mol. The number of nitrogens with zero attached hydrogens (tertiary/aromatic N) is 2. The molecule has 3 rings (SSSR count). The van der Waals surface area contributed by atoms with E-state index < -0.39 is 40.8 Å². The van der Waals surface area contributed by atoms with E-state index in [1.54, 1.807) is 55.8 Å². The van der Waals surface area contributed by atoms with Crippen LogP contribution in [0.1, 0.15) is 52.8 Å². The number of aliphatic hydroxyl groups excluding tert-OH is 1. The van der Waals surface area contributed by atoms with E-state index in [4.69, 9.17) is 4.98 Å². The number of aromatic nitrogens is 2. The van der Waals surface area contributed by atoms with Gasteiger partial charge in [0.1, 0.15) is 23.4 Å². The van der Waals surface area contributed by atoms with Crippen molar-refractivity contribution in [1.29, 1.82) is 0 Å². The number of hydrogen-bond acceptors (Lipinski definition) is 4. The van der Waals surface area contributed by atoms with Gasteiger partial charge in [-0.2, -0.15) is 0 Å². The fourth-order valence-corrected chi connectivity index (χ4v) is 4.27. The highest BCUT2D eigenvalue weighted by Crippen LogP contribution is 2.36. The van der Waals surface area contributed by atoms with E-state index in [-0.39, 0.29) is 12.3 Å². The van der Waals surface area contributed by atoms with Gasteiger partial charge < -0.3 is 14.8 Å². The first-order valence-corrected chi connectivity index (χ1v) is 12.1. The summed E-state index contributed by atoms with van der Waals surface area (Å²) in [5, 5.41) is 20.2. The van der Waals surface area contributed by atoms with Gasteiger partial charge in [0.05, 0.1) is 17.5 Å². The molecule has 2 N–H and O–H groups in total. The lowest BCUT2D eigenvalue weighted by molar-refractivity contribution is -0.151. The molecule has 0 saturated carbocycles. The Morgan fingerprint density at radius 1 is 0.973 bits per heavy atom. The summed E-state index contributed by atoms with van der Waals surface area (Å²) >= 11 is 0. The third-order valence-corrected chi connectivity index (χ3v) is 5.99. The van der Waals surface area contributed by atoms with E-state index in [2.05, 4.69) is 0 Å². The minimum Gasteiger partial charge on any atom is -0.481 e. The van der Waals surface area contributed by atoms with Crippen LogP contribution < -0.4 is 0 Å². The van der Waals surface area contributed by atoms with Crippen molar-refractivity contribution < 1.29 is 28.6 Å². The van der Waals surface area contributed by atoms with Gasteiger partial charge >= 0.3 is 5.97 Å². The molecule has 1 heterocycles. The van der Waals surface area contributed by atoms with Crippen LogP contribution in [-0.4, -0.2) is 37.6 Å². The SMILES string of the molecule is CC(C)c1nc(-c2ccc(F)cc2)c(-c2ccc(F)cc2)n1C=C[C@@H](O)CC(=O)C(C(=O)O)C(C)(C)C. The first kappa shape index (κ1) is 27.9. The number of hydrogen-bond donors (Lipinski definition) is 2. The van der Waals surface area contributed by atoms with Crippen LogP contribution in [0.2, 0.25) is 0 Å². The molecule has 6 nitrogen and oxygen atoms in total. The van der Waals surface area contributed by atoms with Gasteiger partial charge in [-0.05, 0) is 60.0 Å². The molecule has 3 aromatic rings. The number of rotatable bonds is 9. The van der Waals surface area contributed by atoms with Gasteiger partial charge in [0.15, 0.2) is 5.78 Å². The van der Waals surface area contributed by atoms with Gasteiger partial charge in [0.2, 0.25) is 0 Å². The quantitative estimate of drug-likeness (QED) is 0.337. The molecule has 0 bridgehead atoms. The largest absolute Gasteiger partial charge is 0.481 e. The molecule has 0 radical (unpaired) electrons. The minimum absolute atomic E-state index is 0.0610. The maximum absolute atomic E-state index is 13.7. The molecule has 37 heavy (non-hydrogen) atoms. The molecule has 2 aromatic carbocycles. The number of carbonyl (C=O) groups excluding carboxylic acids is 1. The van der Waals surface area contributed by atoms with Gasteiger partial charge in [0.25, 0.3) is 0 Å². The minimum atomic E-state index is -1.25. The van der Waals surface area contributed by atoms with Crippen LogP contribution in [0.25, 0.3) is 28.7 Å². The van der Waals surface area contributed by atoms with Gasteiger partial charge in [-0.3, -0.25) is 9.59 Å². The standard InChI is InChI=1S/C29H32F2N2O4/c1-17(2)27-32-25(18-6-10-20(30)11-7-18)26(19-8-12-21(31)13-9-19)33(27)15-14-22(34)16-23(35)24(28(36)37)29(3,4)5/h6-15,17,22,24,34H,16H2,1-5H3,(H,36,37)/t22-,24?/m1/s1. The van der Waals surface area contributed by atoms with Crippen LogP contribution in [0.15, 0.2) is 54.6 Å². The summed E-state index contributed by atoms with van der Waals surface area (Å²) < 4.78 is 29.1. The first-order valence-electron chi connectivity index (χ1n) is 12.1. The van der Waals surface area contributed by atoms with Crippen molar-refractivity contribution in [1.82, 2.24) is 9.55 Å². The fourth-order valence-electron chi connectivity index (χ4n) is 4.27. The summed E-state index contributed by atoms with van der Waals surface area (Å²) in [6.45, 7) is 8.88. The Balaban J connectivity index is 2.07. The predicted octanol–water partition coefficient (Wildman–Crippen LogP) is 6.16. The van der Waals surface area contributed by atoms with Crippen LogP contribution in [-0.2, 0) is 9.59 Å². The number of benzene rings is 2. The van der Waals surface area contributed by atoms with Crippen molar-refractivity contribution in [2.75, 3.05) is 0 Å². The van der Waals surface area contributed by atoms with Gasteiger partial charge in [-0.1, -0.05) is 34.6 Å². The summed E-state index contributed by atoms with van der Waals surface area (Å²) in [5.74, 6) is -3.28. The lowest BCUT2D eigenvalue weighted by Gasteiger charge is -2.26. The van der Waals surface area contributed by atoms with E-state index in [9.17, 15) is 28.6 Å². The maximum Gasteiger partial charge on any atom is 0.314 e. The van der Waals surface area contributed by atoms with Crippen molar-refractivity contribution in [3.05, 3.63) is 72.1 Å². The smallest absolute Gasteiger partial charge is 0.314 e. The summed E-state index contributed by atoms with van der Waals surface area (Å²) in [6, 6.07) is 11.7. The van der Waals surface area contributed by atoms with Gasteiger partial charge in [-0.25, -0.2) is 13.8 Å². The molecule has 1 aromatic heterocycles. The molecule has 0 fully saturated rings. The number of ketones is 1. The van der Waals surface area contributed by atoms with Crippen molar-refractivity contribution in [3.8, 4) is 22.5 Å². The molecule has 0 saturated heterocycles. The zero-order valence-corrected chi connectivity index (χ0v) is 21.6. The van der Waals surface area contributed by atoms with E-state index in [0.29, 0.717) is 28.3 Å². The number of Topliss-reactive ketones (excluding diaryl/α,β-unsaturated/α-hetero) is 1. The number of aliphatic carboxylic acids is 1. The highest BCUT2D eigenvalue weighted by molar-refractivity contribution is 5.99. The Labute approximate surface area is 215 Å². The molecular weight excluding hydrogens is 478 g/mol. The second-order valence-electron chi connectivity index (χ2n) is 10.4. The Morgan fingerprint density at radius 2 is 1.49 bits per heavy atom. The van der Waals surface area contributed by atoms with Crippen molar-refractivity contribution in [2.24, 2.45) is 11.3 Å². The van der Waals surface area contributed by atoms with Crippen molar-refractivity contribution in [3.63, 3.8) is 0 Å². The zero-order valence-electron chi connectivity index (χ0n) is 21.6. The summed E-state index contributed by atoms with van der Waals surface area (Å²) in [6.07, 6.45) is 1.38. The number of imidazole rings is 1. The second kappa shape index (κ2) is 11.2. The summed E-state index contributed by atoms with van der Waals surface area (Å²) in [4.78, 5) is 29.2. The third kappa shape index (κ3) is 6.57. The predicted molar refractivity (Wildman–Crippen MR) is 139 cm³/mol. The summed E-state index contributed by atoms with van der Waals surface area (Å²) in [7, 11) is 0.